The molecule has 0 bridgehead atoms. The summed E-state index contributed by atoms with van der Waals surface area (Å²) in [5, 5.41) is 20.8. The molecule has 13 heteroatoms. The first kappa shape index (κ1) is 32.3. The molecule has 1 amide bonds. The van der Waals surface area contributed by atoms with Crippen molar-refractivity contribution in [1.29, 1.82) is 0 Å². The summed E-state index contributed by atoms with van der Waals surface area (Å²) in [5.41, 5.74) is 4.17. The van der Waals surface area contributed by atoms with Gasteiger partial charge in [-0.15, -0.1) is 12.4 Å². The highest BCUT2D eigenvalue weighted by molar-refractivity contribution is 5.91. The van der Waals surface area contributed by atoms with Crippen LogP contribution in [0.5, 0.6) is 5.75 Å². The number of rotatable bonds is 13. The molecule has 0 unspecified atom stereocenters. The van der Waals surface area contributed by atoms with Crippen LogP contribution in [0.25, 0.3) is 11.0 Å². The fourth-order valence-corrected chi connectivity index (χ4v) is 4.83. The van der Waals surface area contributed by atoms with E-state index in [1.807, 2.05) is 16.5 Å². The van der Waals surface area contributed by atoms with E-state index in [0.29, 0.717) is 42.5 Å². The molecular weight excluding hydrogens is 550 g/mol. The van der Waals surface area contributed by atoms with Crippen molar-refractivity contribution in [2.75, 3.05) is 57.3 Å². The van der Waals surface area contributed by atoms with E-state index < -0.39 is 6.09 Å². The zero-order valence-electron chi connectivity index (χ0n) is 24.3. The van der Waals surface area contributed by atoms with Crippen molar-refractivity contribution in [3.8, 4) is 5.75 Å². The Labute approximate surface area is 247 Å². The highest BCUT2D eigenvalue weighted by Crippen LogP contribution is 2.29. The number of unbranched alkanes of at least 4 members (excludes halogenated alkanes) is 1. The normalized spacial score (nSPS) is 13.6. The van der Waals surface area contributed by atoms with E-state index >= 15 is 0 Å². The van der Waals surface area contributed by atoms with Gasteiger partial charge in [0.05, 0.1) is 33.1 Å². The van der Waals surface area contributed by atoms with E-state index in [9.17, 15) is 9.90 Å². The summed E-state index contributed by atoms with van der Waals surface area (Å²) in [4.78, 5) is 23.1. The number of carbonyl (C=O) groups excluding carboxylic acids is 1. The average molecular weight is 592 g/mol. The number of aryl methyl sites for hydroxylation is 1. The molecule has 3 heterocycles. The first-order valence-electron chi connectivity index (χ1n) is 13.9. The zero-order chi connectivity index (χ0) is 28.5. The molecule has 0 spiro atoms. The van der Waals surface area contributed by atoms with Crippen molar-refractivity contribution in [1.82, 2.24) is 25.1 Å². The molecule has 0 saturated carbocycles. The molecule has 1 fully saturated rings. The largest absolute Gasteiger partial charge is 0.496 e. The maximum absolute atomic E-state index is 12.0. The molecule has 12 nitrogen and oxygen atoms in total. The lowest BCUT2D eigenvalue weighted by Gasteiger charge is -2.23. The van der Waals surface area contributed by atoms with Crippen LogP contribution < -0.4 is 20.3 Å². The highest BCUT2D eigenvalue weighted by Gasteiger charge is 2.22. The number of nitrogens with one attached hydrogen (secondary N) is 2. The van der Waals surface area contributed by atoms with E-state index in [1.54, 1.807) is 7.11 Å². The second kappa shape index (κ2) is 15.7. The Bertz CT molecular complexity index is 1280. The Kier molecular flexibility index (Phi) is 12.4. The maximum atomic E-state index is 12.0. The fourth-order valence-electron chi connectivity index (χ4n) is 4.83. The van der Waals surface area contributed by atoms with Crippen molar-refractivity contribution in [3.05, 3.63) is 35.0 Å². The van der Waals surface area contributed by atoms with Crippen molar-refractivity contribution < 1.29 is 24.1 Å². The van der Waals surface area contributed by atoms with Gasteiger partial charge < -0.3 is 29.5 Å². The number of carbonyl (C=O) groups is 1. The number of amides is 1. The lowest BCUT2D eigenvalue weighted by molar-refractivity contribution is 0.0776. The summed E-state index contributed by atoms with van der Waals surface area (Å²) in [7, 11) is 2.97. The third-order valence-corrected chi connectivity index (χ3v) is 7.15. The number of anilines is 2. The molecule has 4 rings (SSSR count). The lowest BCUT2D eigenvalue weighted by atomic mass is 10.1. The Morgan fingerprint density at radius 2 is 1.98 bits per heavy atom. The molecule has 1 saturated heterocycles. The molecule has 0 radical (unpaired) electrons. The predicted octanol–water partition coefficient (Wildman–Crippen LogP) is 3.66. The number of nitrogens with zero attached hydrogens (tertiary/aromatic N) is 5. The van der Waals surface area contributed by atoms with Crippen LogP contribution in [0.1, 0.15) is 49.4 Å². The van der Waals surface area contributed by atoms with Gasteiger partial charge in [0.1, 0.15) is 11.3 Å². The Morgan fingerprint density at radius 1 is 1.20 bits per heavy atom. The second-order valence-corrected chi connectivity index (χ2v) is 9.91. The fraction of sp³-hybridized carbons (Fsp3) is 0.571. The van der Waals surface area contributed by atoms with E-state index in [0.717, 1.165) is 68.0 Å². The maximum Gasteiger partial charge on any atom is 0.413 e. The van der Waals surface area contributed by atoms with E-state index in [-0.39, 0.29) is 25.0 Å². The van der Waals surface area contributed by atoms with E-state index in [2.05, 4.69) is 45.7 Å². The topological polar surface area (TPSA) is 136 Å². The van der Waals surface area contributed by atoms with Gasteiger partial charge in [0.15, 0.2) is 11.3 Å². The SMILES string of the molecule is CCCCN(CCO)c1nc(NC(=O)OC)nc2c(C)n(Cc3ccc(CNC4CCOCC4)cc3OC)nc12.Cl. The minimum Gasteiger partial charge on any atom is -0.496 e. The second-order valence-electron chi connectivity index (χ2n) is 9.91. The van der Waals surface area contributed by atoms with Crippen LogP contribution in [0.4, 0.5) is 16.6 Å². The Hall–Kier alpha value is -3.19. The van der Waals surface area contributed by atoms with Crippen molar-refractivity contribution in [2.45, 2.75) is 58.7 Å². The van der Waals surface area contributed by atoms with E-state index in [4.69, 9.17) is 19.3 Å². The Balaban J connectivity index is 0.00000462. The molecule has 226 valence electrons. The van der Waals surface area contributed by atoms with Crippen LogP contribution >= 0.6 is 12.4 Å². The number of aliphatic hydroxyl groups is 1. The molecule has 1 aliphatic rings. The molecule has 3 N–H and O–H groups in total. The molecule has 41 heavy (non-hydrogen) atoms. The van der Waals surface area contributed by atoms with Gasteiger partial charge in [-0.25, -0.2) is 9.78 Å². The smallest absolute Gasteiger partial charge is 0.413 e. The summed E-state index contributed by atoms with van der Waals surface area (Å²) in [5.74, 6) is 1.46. The van der Waals surface area contributed by atoms with Crippen LogP contribution in [-0.2, 0) is 22.6 Å². The lowest BCUT2D eigenvalue weighted by Crippen LogP contribution is -2.34. The summed E-state index contributed by atoms with van der Waals surface area (Å²) in [6.45, 7) is 7.91. The monoisotopic (exact) mass is 591 g/mol. The van der Waals surface area contributed by atoms with Gasteiger partial charge >= 0.3 is 6.09 Å². The average Bonchev–Trinajstić information content (AvgIpc) is 3.29. The van der Waals surface area contributed by atoms with Crippen molar-refractivity contribution in [3.63, 3.8) is 0 Å². The van der Waals surface area contributed by atoms with Gasteiger partial charge in [-0.3, -0.25) is 10.00 Å². The van der Waals surface area contributed by atoms with Crippen LogP contribution in [0.3, 0.4) is 0 Å². The number of benzene rings is 1. The molecule has 2 aromatic heterocycles. The van der Waals surface area contributed by atoms with Gasteiger partial charge in [-0.2, -0.15) is 10.1 Å². The molecule has 0 atom stereocenters. The predicted molar refractivity (Wildman–Crippen MR) is 160 cm³/mol. The number of fused-ring (bicyclic) bond motifs is 1. The molecule has 1 aliphatic heterocycles. The third-order valence-electron chi connectivity index (χ3n) is 7.15. The number of hydrogen-bond donors (Lipinski definition) is 3. The summed E-state index contributed by atoms with van der Waals surface area (Å²) in [6, 6.07) is 6.72. The van der Waals surface area contributed by atoms with Gasteiger partial charge in [0.25, 0.3) is 0 Å². The molecule has 0 aliphatic carbocycles. The Morgan fingerprint density at radius 3 is 2.66 bits per heavy atom. The molecular formula is C28H42ClN7O5. The molecule has 1 aromatic carbocycles. The number of methoxy groups -OCH3 is 2. The number of ether oxygens (including phenoxy) is 3. The van der Waals surface area contributed by atoms with Crippen molar-refractivity contribution >= 4 is 41.3 Å². The van der Waals surface area contributed by atoms with Crippen LogP contribution in [0.15, 0.2) is 18.2 Å². The van der Waals surface area contributed by atoms with Gasteiger partial charge in [-0.05, 0) is 37.8 Å². The van der Waals surface area contributed by atoms with Gasteiger partial charge in [0, 0.05) is 44.5 Å². The zero-order valence-corrected chi connectivity index (χ0v) is 25.1. The van der Waals surface area contributed by atoms with Crippen LogP contribution in [0.2, 0.25) is 0 Å². The number of aromatic nitrogens is 4. The minimum absolute atomic E-state index is 0. The number of halogens is 1. The number of aliphatic hydroxyl groups excluding tert-OH is 1. The summed E-state index contributed by atoms with van der Waals surface area (Å²) in [6.07, 6.45) is 3.29. The molecule has 3 aromatic rings. The van der Waals surface area contributed by atoms with Crippen LogP contribution in [0, 0.1) is 6.92 Å². The quantitative estimate of drug-likeness (QED) is 0.270. The first-order valence-corrected chi connectivity index (χ1v) is 13.9. The first-order chi connectivity index (χ1) is 19.5. The van der Waals surface area contributed by atoms with Crippen LogP contribution in [-0.4, -0.2) is 84.1 Å². The van der Waals surface area contributed by atoms with Crippen molar-refractivity contribution in [2.24, 2.45) is 0 Å². The summed E-state index contributed by atoms with van der Waals surface area (Å²) >= 11 is 0. The van der Waals surface area contributed by atoms with Gasteiger partial charge in [0.2, 0.25) is 5.95 Å². The highest BCUT2D eigenvalue weighted by atomic mass is 35.5. The number of hydrogen-bond acceptors (Lipinski definition) is 10. The minimum atomic E-state index is -0.659. The van der Waals surface area contributed by atoms with Gasteiger partial charge in [-0.1, -0.05) is 25.5 Å². The third kappa shape index (κ3) is 8.19. The summed E-state index contributed by atoms with van der Waals surface area (Å²) < 4.78 is 17.8. The standard InChI is InChI=1S/C28H41N7O5.ClH/c1-5-6-11-34(12-13-36)26-25-24(30-27(31-26)32-28(37)39-4)19(2)35(33-25)18-21-8-7-20(16-23(21)38-3)17-29-22-9-14-40-15-10-22;/h7-8,16,22,29,36H,5-6,9-15,17-18H2,1-4H3,(H,30,32,37);1H. The van der Waals surface area contributed by atoms with E-state index in [1.165, 1.54) is 7.11 Å².